The van der Waals surface area contributed by atoms with Gasteiger partial charge in [-0.2, -0.15) is 0 Å². The number of aromatic hydroxyl groups is 2. The van der Waals surface area contributed by atoms with Crippen LogP contribution in [-0.4, -0.2) is 144 Å². The number of carbonyl (C=O) groups is 3. The first-order valence-corrected chi connectivity index (χ1v) is 35.2. The number of benzene rings is 8. The minimum atomic E-state index is -0.940. The van der Waals surface area contributed by atoms with Gasteiger partial charge in [-0.25, -0.2) is 4.79 Å². The number of carbonyl (C=O) groups excluding carboxylic acids is 2. The summed E-state index contributed by atoms with van der Waals surface area (Å²) in [5, 5.41) is 32.8. The third-order valence-corrected chi connectivity index (χ3v) is 17.6. The second-order valence-electron chi connectivity index (χ2n) is 25.8. The zero-order valence-corrected chi connectivity index (χ0v) is 62.0. The van der Waals surface area contributed by atoms with Crippen molar-refractivity contribution in [3.63, 3.8) is 0 Å². The van der Waals surface area contributed by atoms with Crippen molar-refractivity contribution in [3.05, 3.63) is 254 Å². The standard InChI is InChI=1S/C31H35NO5.C23H29NO6.C18H18O3.C13H19NO3.CH4/c1-22(2)26-18-27(23(3)17-30(26)37-21-24-9-6-5-7-10-24)31(33)32-19-25-11-8-12-29(28(25)20-32)36-16-15-35-14-13-34-4;1-15(2)17-11-18(21(26)12-20(17)25)23(27)24-13-16-5-4-6-22(19(16)14-24)30-10-9-29-8-7-28-3;1-12(2)15-10-16(18(19)20)13(3)9-17(15)21-11-14-7-5-4-6-8-14;1-15-5-6-16-7-8-17-13-4-2-3-11-9-14-10-12(11)13;/h5-12,17-18H,1,13-16,19-21H2,2-4H3;4-6,11-12,15,25-26H,7-10,13-14H2,1-3H3;4-10H,1,11H2,2-3H3,(H,19,20);2-4,14H,5-10H2,1H3;1H4. The van der Waals surface area contributed by atoms with Gasteiger partial charge in [-0.1, -0.05) is 131 Å². The molecule has 0 bridgehead atoms. The summed E-state index contributed by atoms with van der Waals surface area (Å²) in [4.78, 5) is 41.5. The third kappa shape index (κ3) is 24.0. The van der Waals surface area contributed by atoms with Gasteiger partial charge >= 0.3 is 5.97 Å². The summed E-state index contributed by atoms with van der Waals surface area (Å²) in [6.07, 6.45) is 0. The van der Waals surface area contributed by atoms with E-state index in [4.69, 9.17) is 52.1 Å². The molecule has 566 valence electrons. The third-order valence-electron chi connectivity index (χ3n) is 17.6. The molecule has 3 aliphatic heterocycles. The quantitative estimate of drug-likeness (QED) is 0.0280. The zero-order chi connectivity index (χ0) is 75.2. The minimum absolute atomic E-state index is 0. The first kappa shape index (κ1) is 83.2. The maximum atomic E-state index is 13.7. The number of nitrogens with one attached hydrogen (secondary N) is 1. The van der Waals surface area contributed by atoms with E-state index in [-0.39, 0.29) is 47.8 Å². The second-order valence-corrected chi connectivity index (χ2v) is 25.8. The topological polar surface area (TPSA) is 232 Å². The van der Waals surface area contributed by atoms with Gasteiger partial charge < -0.3 is 82.5 Å². The summed E-state index contributed by atoms with van der Waals surface area (Å²) >= 11 is 0. The van der Waals surface area contributed by atoms with Crippen LogP contribution in [0.4, 0.5) is 0 Å². The second kappa shape index (κ2) is 42.8. The van der Waals surface area contributed by atoms with Crippen molar-refractivity contribution in [1.29, 1.82) is 0 Å². The van der Waals surface area contributed by atoms with E-state index >= 15 is 0 Å². The SMILES string of the molecule is C.C=C(C)c1cc(C(=O)N2Cc3cccc(OCCOCCOC)c3C2)c(C)cc1OCc1ccccc1.C=C(C)c1cc(C(=O)O)c(C)cc1OCc1ccccc1.COCCOCCOc1cccc2c1CN(C(=O)c1cc(C(C)C)c(O)cc1O)C2.COCCOCCOc1cccc2c1CNC2. The number of rotatable bonds is 33. The summed E-state index contributed by atoms with van der Waals surface area (Å²) in [5.41, 5.74) is 15.4. The average Bonchev–Trinajstić information content (AvgIpc) is 1.56. The molecule has 0 fully saturated rings. The van der Waals surface area contributed by atoms with Gasteiger partial charge in [0, 0.05) is 87.0 Å². The number of carboxylic acids is 1. The molecule has 0 unspecified atom stereocenters. The van der Waals surface area contributed by atoms with E-state index < -0.39 is 5.97 Å². The Labute approximate surface area is 625 Å². The van der Waals surface area contributed by atoms with Crippen molar-refractivity contribution in [2.75, 3.05) is 101 Å². The molecule has 0 aliphatic carbocycles. The molecule has 4 N–H and O–H groups in total. The highest BCUT2D eigenvalue weighted by molar-refractivity contribution is 5.98. The molecule has 0 spiro atoms. The van der Waals surface area contributed by atoms with Gasteiger partial charge in [-0.3, -0.25) is 9.59 Å². The summed E-state index contributed by atoms with van der Waals surface area (Å²) < 4.78 is 60.6. The van der Waals surface area contributed by atoms with Gasteiger partial charge in [0.05, 0.1) is 83.7 Å². The van der Waals surface area contributed by atoms with Crippen molar-refractivity contribution in [1.82, 2.24) is 15.1 Å². The van der Waals surface area contributed by atoms with Gasteiger partial charge in [0.2, 0.25) is 0 Å². The van der Waals surface area contributed by atoms with Gasteiger partial charge in [-0.15, -0.1) is 0 Å². The maximum absolute atomic E-state index is 13.7. The monoisotopic (exact) mass is 1450 g/mol. The Bertz CT molecular complexity index is 4180. The van der Waals surface area contributed by atoms with Gasteiger partial charge in [0.25, 0.3) is 11.8 Å². The Morgan fingerprint density at radius 1 is 0.434 bits per heavy atom. The Hall–Kier alpha value is -10.0. The van der Waals surface area contributed by atoms with Crippen molar-refractivity contribution < 1.29 is 81.8 Å². The number of hydrogen-bond donors (Lipinski definition) is 4. The highest BCUT2D eigenvalue weighted by atomic mass is 16.6. The predicted molar refractivity (Wildman–Crippen MR) is 412 cm³/mol. The van der Waals surface area contributed by atoms with Crippen LogP contribution < -0.4 is 29.0 Å². The largest absolute Gasteiger partial charge is 0.508 e. The summed E-state index contributed by atoms with van der Waals surface area (Å²) in [6.45, 7) is 30.4. The van der Waals surface area contributed by atoms with Gasteiger partial charge in [0.1, 0.15) is 73.3 Å². The number of nitrogens with zero attached hydrogens (tertiary/aromatic N) is 2. The van der Waals surface area contributed by atoms with E-state index in [1.54, 1.807) is 51.4 Å². The van der Waals surface area contributed by atoms with Crippen LogP contribution >= 0.6 is 0 Å². The van der Waals surface area contributed by atoms with Gasteiger partial charge in [0.15, 0.2) is 0 Å². The first-order chi connectivity index (χ1) is 50.8. The number of hydrogen-bond acceptors (Lipinski definition) is 17. The smallest absolute Gasteiger partial charge is 0.335 e. The highest BCUT2D eigenvalue weighted by Crippen LogP contribution is 2.39. The molecule has 0 radical (unpaired) electrons. The molecular formula is C86H105N3O17. The Balaban J connectivity index is 0.000000205. The molecule has 106 heavy (non-hydrogen) atoms. The molecule has 20 heteroatoms. The molecule has 3 heterocycles. The molecule has 0 saturated carbocycles. The zero-order valence-electron chi connectivity index (χ0n) is 62.0. The van der Waals surface area contributed by atoms with Crippen molar-refractivity contribution in [2.45, 2.75) is 107 Å². The molecule has 2 amide bonds. The fourth-order valence-corrected chi connectivity index (χ4v) is 11.9. The molecule has 11 rings (SSSR count). The molecule has 0 aromatic heterocycles. The van der Waals surface area contributed by atoms with Crippen LogP contribution in [0.2, 0.25) is 0 Å². The molecule has 0 saturated heterocycles. The van der Waals surface area contributed by atoms with E-state index in [1.807, 2.05) is 155 Å². The lowest BCUT2D eigenvalue weighted by atomic mass is 9.98. The van der Waals surface area contributed by atoms with E-state index in [0.29, 0.717) is 141 Å². The fraction of sp³-hybridized carbons (Fsp3) is 0.360. The van der Waals surface area contributed by atoms with Crippen LogP contribution in [0.1, 0.15) is 144 Å². The molecule has 20 nitrogen and oxygen atoms in total. The normalized spacial score (nSPS) is 12.2. The molecule has 8 aromatic rings. The highest BCUT2D eigenvalue weighted by Gasteiger charge is 2.31. The predicted octanol–water partition coefficient (Wildman–Crippen LogP) is 15.5. The van der Waals surface area contributed by atoms with Gasteiger partial charge in [-0.05, 0) is 138 Å². The summed E-state index contributed by atoms with van der Waals surface area (Å²) in [5.74, 6) is 2.47. The average molecular weight is 1450 g/mol. The number of allylic oxidation sites excluding steroid dienone is 2. The van der Waals surface area contributed by atoms with Crippen molar-refractivity contribution in [3.8, 4) is 40.2 Å². The van der Waals surface area contributed by atoms with E-state index in [0.717, 1.165) is 97.3 Å². The Morgan fingerprint density at radius 2 is 0.840 bits per heavy atom. The van der Waals surface area contributed by atoms with Crippen LogP contribution in [-0.2, 0) is 80.9 Å². The number of ether oxygens (including phenoxy) is 11. The number of methoxy groups -OCH3 is 3. The lowest BCUT2D eigenvalue weighted by molar-refractivity contribution is 0.0541. The molecule has 8 aromatic carbocycles. The maximum Gasteiger partial charge on any atom is 0.335 e. The Kier molecular flexibility index (Phi) is 33.6. The Morgan fingerprint density at radius 3 is 1.26 bits per heavy atom. The van der Waals surface area contributed by atoms with Crippen LogP contribution in [0.15, 0.2) is 165 Å². The first-order valence-electron chi connectivity index (χ1n) is 35.2. The summed E-state index contributed by atoms with van der Waals surface area (Å²) in [7, 11) is 4.94. The number of aryl methyl sites for hydroxylation is 2. The summed E-state index contributed by atoms with van der Waals surface area (Å²) in [6, 6.07) is 47.9. The molecular weight excluding hydrogens is 1350 g/mol. The number of carboxylic acid groups (broad SMARTS) is 1. The number of fused-ring (bicyclic) bond motifs is 3. The number of aromatic carboxylic acids is 1. The molecule has 0 atom stereocenters. The van der Waals surface area contributed by atoms with Crippen molar-refractivity contribution >= 4 is 28.9 Å². The fourth-order valence-electron chi connectivity index (χ4n) is 11.9. The van der Waals surface area contributed by atoms with Crippen molar-refractivity contribution in [2.24, 2.45) is 0 Å². The lowest BCUT2D eigenvalue weighted by Gasteiger charge is -2.20. The lowest BCUT2D eigenvalue weighted by Crippen LogP contribution is -2.26. The number of phenols is 2. The number of phenolic OH excluding ortho intramolecular Hbond substituents is 2. The van der Waals surface area contributed by atoms with Crippen LogP contribution in [0.25, 0.3) is 11.1 Å². The van der Waals surface area contributed by atoms with E-state index in [2.05, 4.69) is 30.6 Å². The van der Waals surface area contributed by atoms with Crippen LogP contribution in [0.5, 0.6) is 40.2 Å². The van der Waals surface area contributed by atoms with Crippen LogP contribution in [0.3, 0.4) is 0 Å². The van der Waals surface area contributed by atoms with Crippen LogP contribution in [0, 0.1) is 13.8 Å². The van der Waals surface area contributed by atoms with E-state index in [9.17, 15) is 29.7 Å². The minimum Gasteiger partial charge on any atom is -0.508 e. The molecule has 3 aliphatic rings. The number of amides is 2. The van der Waals surface area contributed by atoms with E-state index in [1.165, 1.54) is 17.2 Å².